The number of fused-ring (bicyclic) bond motifs is 1. The van der Waals surface area contributed by atoms with Crippen LogP contribution >= 0.6 is 11.6 Å². The van der Waals surface area contributed by atoms with Gasteiger partial charge in [-0.25, -0.2) is 0 Å². The molecule has 7 nitrogen and oxygen atoms in total. The van der Waals surface area contributed by atoms with E-state index < -0.39 is 0 Å². The summed E-state index contributed by atoms with van der Waals surface area (Å²) in [4.78, 5) is 7.06. The van der Waals surface area contributed by atoms with E-state index in [1.54, 1.807) is 0 Å². The zero-order valence-corrected chi connectivity index (χ0v) is 23.4. The van der Waals surface area contributed by atoms with Gasteiger partial charge in [0.05, 0.1) is 23.9 Å². The average Bonchev–Trinajstić information content (AvgIpc) is 3.33. The Bertz CT molecular complexity index is 741. The molecule has 200 valence electrons. The average molecular weight is 508 g/mol. The monoisotopic (exact) mass is 507 g/mol. The minimum atomic E-state index is 0.0811. The van der Waals surface area contributed by atoms with E-state index in [4.69, 9.17) is 17.0 Å². The standard InChI is InChI=1S/C27H50ClN7/c1-16(2)20-8-6-7-9-21(20)24-30-14-22-26(32-24)35(27(29)34(22)5)17(3)18-10-12-19(13-11-18)25-31-23(28)15-33(25)4/h16-26,29-32H,6-15H2,1-5H3/t17-,18?,19?,20?,21?,22?,23?,24?,25?,26?/m0/s1. The third-order valence-electron chi connectivity index (χ3n) is 10.5. The number of likely N-dealkylation sites (N-methyl/N-ethyl adjacent to an activating group) is 2. The summed E-state index contributed by atoms with van der Waals surface area (Å²) in [6.07, 6.45) is 11.4. The lowest BCUT2D eigenvalue weighted by Crippen LogP contribution is -2.68. The normalized spacial score (nSPS) is 44.2. The number of nitrogens with one attached hydrogen (secondary N) is 4. The maximum atomic E-state index is 9.05. The summed E-state index contributed by atoms with van der Waals surface area (Å²) < 4.78 is 0. The van der Waals surface area contributed by atoms with Crippen LogP contribution in [0.25, 0.3) is 0 Å². The van der Waals surface area contributed by atoms with E-state index >= 15 is 0 Å². The third kappa shape index (κ3) is 4.97. The Morgan fingerprint density at radius 3 is 2.31 bits per heavy atom. The summed E-state index contributed by atoms with van der Waals surface area (Å²) in [6.45, 7) is 9.11. The first kappa shape index (κ1) is 26.0. The molecule has 8 heteroatoms. The molecule has 0 bridgehead atoms. The molecule has 5 aliphatic rings. The van der Waals surface area contributed by atoms with Crippen LogP contribution < -0.4 is 16.0 Å². The lowest BCUT2D eigenvalue weighted by Gasteiger charge is -2.47. The van der Waals surface area contributed by atoms with Crippen molar-refractivity contribution in [1.29, 1.82) is 5.41 Å². The number of guanidine groups is 1. The first-order valence-corrected chi connectivity index (χ1v) is 14.9. The molecule has 7 unspecified atom stereocenters. The summed E-state index contributed by atoms with van der Waals surface area (Å²) in [7, 11) is 4.32. The highest BCUT2D eigenvalue weighted by molar-refractivity contribution is 6.20. The van der Waals surface area contributed by atoms with Gasteiger partial charge in [0.1, 0.15) is 6.17 Å². The molecule has 5 rings (SSSR count). The summed E-state index contributed by atoms with van der Waals surface area (Å²) in [5.41, 5.74) is 0.0811. The Hall–Kier alpha value is -0.600. The van der Waals surface area contributed by atoms with Crippen molar-refractivity contribution in [2.45, 2.75) is 108 Å². The van der Waals surface area contributed by atoms with Crippen LogP contribution in [-0.4, -0.2) is 83.9 Å². The van der Waals surface area contributed by atoms with Crippen molar-refractivity contribution < 1.29 is 0 Å². The smallest absolute Gasteiger partial charge is 0.195 e. The molecule has 2 saturated carbocycles. The first-order valence-electron chi connectivity index (χ1n) is 14.5. The van der Waals surface area contributed by atoms with Crippen LogP contribution in [0.5, 0.6) is 0 Å². The number of halogens is 1. The summed E-state index contributed by atoms with van der Waals surface area (Å²) in [5, 5.41) is 20.6. The molecule has 0 radical (unpaired) electrons. The molecule has 5 fully saturated rings. The highest BCUT2D eigenvalue weighted by Crippen LogP contribution is 2.40. The van der Waals surface area contributed by atoms with E-state index in [-0.39, 0.29) is 11.7 Å². The van der Waals surface area contributed by atoms with Gasteiger partial charge in [-0.1, -0.05) is 26.7 Å². The van der Waals surface area contributed by atoms with Gasteiger partial charge in [-0.2, -0.15) is 0 Å². The molecule has 0 spiro atoms. The minimum Gasteiger partial charge on any atom is -0.338 e. The number of nitrogens with zero attached hydrogens (tertiary/aromatic N) is 3. The lowest BCUT2D eigenvalue weighted by molar-refractivity contribution is 0.0450. The summed E-state index contributed by atoms with van der Waals surface area (Å²) in [6, 6.07) is 0.713. The van der Waals surface area contributed by atoms with E-state index in [2.05, 4.69) is 65.5 Å². The number of hydrogen-bond donors (Lipinski definition) is 4. The van der Waals surface area contributed by atoms with Gasteiger partial charge in [0.15, 0.2) is 5.96 Å². The van der Waals surface area contributed by atoms with Gasteiger partial charge in [-0.3, -0.25) is 26.3 Å². The van der Waals surface area contributed by atoms with Crippen LogP contribution in [0.2, 0.25) is 0 Å². The van der Waals surface area contributed by atoms with Gasteiger partial charge < -0.3 is 9.80 Å². The number of alkyl halides is 1. The van der Waals surface area contributed by atoms with E-state index in [9.17, 15) is 0 Å². The number of rotatable bonds is 5. The SMILES string of the molecule is CC(C)C1CCCCC1C1NCC2C(N1)N([C@@H](C)C1CCC(C3NC(Cl)CN3C)CC1)C(=N)N2C. The number of hydrogen-bond acceptors (Lipinski definition) is 5. The quantitative estimate of drug-likeness (QED) is 0.337. The van der Waals surface area contributed by atoms with Gasteiger partial charge >= 0.3 is 0 Å². The van der Waals surface area contributed by atoms with Crippen LogP contribution in [0.15, 0.2) is 0 Å². The van der Waals surface area contributed by atoms with Gasteiger partial charge in [-0.15, -0.1) is 11.6 Å². The minimum absolute atomic E-state index is 0.0811. The van der Waals surface area contributed by atoms with Crippen LogP contribution in [-0.2, 0) is 0 Å². The highest BCUT2D eigenvalue weighted by Gasteiger charge is 2.50. The van der Waals surface area contributed by atoms with Crippen LogP contribution in [0.3, 0.4) is 0 Å². The van der Waals surface area contributed by atoms with Crippen molar-refractivity contribution in [3.05, 3.63) is 0 Å². The van der Waals surface area contributed by atoms with Gasteiger partial charge in [0.2, 0.25) is 0 Å². The predicted octanol–water partition coefficient (Wildman–Crippen LogP) is 3.47. The van der Waals surface area contributed by atoms with E-state index in [0.29, 0.717) is 48.1 Å². The molecule has 8 atom stereocenters. The molecule has 4 N–H and O–H groups in total. The van der Waals surface area contributed by atoms with Gasteiger partial charge in [0.25, 0.3) is 0 Å². The Labute approximate surface area is 218 Å². The Morgan fingerprint density at radius 2 is 1.66 bits per heavy atom. The molecule has 3 saturated heterocycles. The largest absolute Gasteiger partial charge is 0.338 e. The molecular weight excluding hydrogens is 458 g/mol. The zero-order chi connectivity index (χ0) is 24.9. The fourth-order valence-corrected chi connectivity index (χ4v) is 8.69. The molecule has 35 heavy (non-hydrogen) atoms. The first-order chi connectivity index (χ1) is 16.8. The third-order valence-corrected chi connectivity index (χ3v) is 10.7. The molecule has 2 aliphatic carbocycles. The van der Waals surface area contributed by atoms with Crippen LogP contribution in [0, 0.1) is 35.0 Å². The molecule has 0 aromatic heterocycles. The van der Waals surface area contributed by atoms with E-state index in [1.165, 1.54) is 51.4 Å². The van der Waals surface area contributed by atoms with Crippen molar-refractivity contribution in [3.63, 3.8) is 0 Å². The Kier molecular flexibility index (Phi) is 7.91. The second-order valence-electron chi connectivity index (χ2n) is 12.7. The van der Waals surface area contributed by atoms with Gasteiger partial charge in [0, 0.05) is 26.2 Å². The Balaban J connectivity index is 1.24. The van der Waals surface area contributed by atoms with Crippen molar-refractivity contribution in [2.75, 3.05) is 27.2 Å². The topological polar surface area (TPSA) is 69.7 Å². The lowest BCUT2D eigenvalue weighted by atomic mass is 9.71. The Morgan fingerprint density at radius 1 is 0.943 bits per heavy atom. The predicted molar refractivity (Wildman–Crippen MR) is 144 cm³/mol. The van der Waals surface area contributed by atoms with Crippen LogP contribution in [0.1, 0.15) is 72.1 Å². The van der Waals surface area contributed by atoms with E-state index in [1.807, 2.05) is 0 Å². The highest BCUT2D eigenvalue weighted by atomic mass is 35.5. The maximum Gasteiger partial charge on any atom is 0.195 e. The van der Waals surface area contributed by atoms with Gasteiger partial charge in [-0.05, 0) is 82.1 Å². The second-order valence-corrected chi connectivity index (χ2v) is 13.2. The summed E-state index contributed by atoms with van der Waals surface area (Å²) in [5.74, 6) is 4.25. The molecule has 0 aromatic carbocycles. The summed E-state index contributed by atoms with van der Waals surface area (Å²) >= 11 is 6.38. The zero-order valence-electron chi connectivity index (χ0n) is 22.6. The van der Waals surface area contributed by atoms with Crippen molar-refractivity contribution in [2.24, 2.45) is 29.6 Å². The molecular formula is C27H50ClN7. The molecule has 3 heterocycles. The van der Waals surface area contributed by atoms with Crippen molar-refractivity contribution in [3.8, 4) is 0 Å². The fraction of sp³-hybridized carbons (Fsp3) is 0.963. The van der Waals surface area contributed by atoms with Crippen molar-refractivity contribution >= 4 is 17.6 Å². The molecule has 3 aliphatic heterocycles. The fourth-order valence-electron chi connectivity index (χ4n) is 8.35. The van der Waals surface area contributed by atoms with E-state index in [0.717, 1.165) is 24.9 Å². The maximum absolute atomic E-state index is 9.05. The molecule has 0 aromatic rings. The van der Waals surface area contributed by atoms with Crippen molar-refractivity contribution in [1.82, 2.24) is 30.7 Å². The second kappa shape index (κ2) is 10.6. The van der Waals surface area contributed by atoms with Crippen LogP contribution in [0.4, 0.5) is 0 Å². The molecule has 0 amide bonds.